The number of carbonyl (C=O) groups excluding carboxylic acids is 7. The zero-order valence-electron chi connectivity index (χ0n) is 51.0. The van der Waals surface area contributed by atoms with Gasteiger partial charge in [-0.05, 0) is 148 Å². The minimum absolute atomic E-state index is 0.00502. The van der Waals surface area contributed by atoms with Crippen molar-refractivity contribution in [3.05, 3.63) is 131 Å². The summed E-state index contributed by atoms with van der Waals surface area (Å²) >= 11 is 1.42. The Morgan fingerprint density at radius 1 is 0.809 bits per heavy atom. The topological polar surface area (TPSA) is 277 Å². The van der Waals surface area contributed by atoms with E-state index in [2.05, 4.69) is 40.1 Å². The summed E-state index contributed by atoms with van der Waals surface area (Å²) in [5, 5.41) is 27.2. The molecule has 0 radical (unpaired) electrons. The summed E-state index contributed by atoms with van der Waals surface area (Å²) in [5.74, 6) is -2.91. The van der Waals surface area contributed by atoms with E-state index in [-0.39, 0.29) is 70.7 Å². The van der Waals surface area contributed by atoms with Crippen LogP contribution in [0.1, 0.15) is 129 Å². The monoisotopic (exact) mass is 1230 g/mol. The molecule has 6 aliphatic rings. The van der Waals surface area contributed by atoms with Crippen molar-refractivity contribution < 1.29 is 52.9 Å². The number of para-hydroxylation sites is 1. The molecule has 7 amide bonds. The molecule has 5 N–H and O–H groups in total. The summed E-state index contributed by atoms with van der Waals surface area (Å²) in [6.07, 6.45) is 10.9. The van der Waals surface area contributed by atoms with Crippen LogP contribution in [0.3, 0.4) is 0 Å². The second-order valence-corrected chi connectivity index (χ2v) is 26.5. The molecule has 0 saturated heterocycles. The summed E-state index contributed by atoms with van der Waals surface area (Å²) in [4.78, 5) is 116. The first-order valence-electron chi connectivity index (χ1n) is 30.4. The van der Waals surface area contributed by atoms with Crippen LogP contribution in [0.4, 0.5) is 21.4 Å². The largest absolute Gasteiger partial charge is 0.476 e. The number of amides is 7. The number of aromatic nitrogens is 4. The lowest BCUT2D eigenvalue weighted by Gasteiger charge is -2.46. The number of hydrogen-bond acceptors (Lipinski definition) is 15. The smallest absolute Gasteiger partial charge is 0.409 e. The lowest BCUT2D eigenvalue weighted by Crippen LogP contribution is -2.50. The predicted molar refractivity (Wildman–Crippen MR) is 334 cm³/mol. The molecular weight excluding hydrogens is 1150 g/mol. The van der Waals surface area contributed by atoms with E-state index in [1.165, 1.54) is 42.2 Å². The van der Waals surface area contributed by atoms with Crippen molar-refractivity contribution in [3.8, 4) is 11.1 Å². The molecule has 466 valence electrons. The van der Waals surface area contributed by atoms with E-state index in [4.69, 9.17) is 19.6 Å². The third kappa shape index (κ3) is 13.0. The van der Waals surface area contributed by atoms with Crippen molar-refractivity contribution in [1.29, 1.82) is 0 Å². The zero-order chi connectivity index (χ0) is 63.0. The van der Waals surface area contributed by atoms with Crippen molar-refractivity contribution in [2.24, 2.45) is 16.2 Å². The van der Waals surface area contributed by atoms with Crippen molar-refractivity contribution in [3.63, 3.8) is 0 Å². The Morgan fingerprint density at radius 3 is 2.34 bits per heavy atom. The van der Waals surface area contributed by atoms with Crippen LogP contribution >= 0.6 is 11.3 Å². The Morgan fingerprint density at radius 2 is 1.57 bits per heavy atom. The van der Waals surface area contributed by atoms with E-state index in [0.717, 1.165) is 64.0 Å². The van der Waals surface area contributed by atoms with Gasteiger partial charge in [-0.3, -0.25) is 43.7 Å². The Labute approximate surface area is 519 Å². The third-order valence-electron chi connectivity index (χ3n) is 18.7. The molecule has 89 heavy (non-hydrogen) atoms. The quantitative estimate of drug-likeness (QED) is 0.0280. The second kappa shape index (κ2) is 25.0. The lowest BCUT2D eigenvalue weighted by molar-refractivity contribution is -0.137. The van der Waals surface area contributed by atoms with E-state index in [9.17, 15) is 43.5 Å². The number of likely N-dealkylation sites (N-methyl/N-ethyl adjacent to an activating group) is 1. The van der Waals surface area contributed by atoms with Gasteiger partial charge in [-0.2, -0.15) is 5.10 Å². The number of fused-ring (bicyclic) bond motifs is 2. The average molecular weight is 1230 g/mol. The molecule has 6 atom stereocenters. The van der Waals surface area contributed by atoms with Gasteiger partial charge in [-0.15, -0.1) is 0 Å². The molecule has 4 saturated carbocycles. The number of ether oxygens (including phenoxy) is 2. The number of nitrogens with zero attached hydrogens (tertiary/aromatic N) is 7. The number of anilines is 3. The van der Waals surface area contributed by atoms with Gasteiger partial charge in [0.25, 0.3) is 17.7 Å². The number of benzene rings is 3. The number of rotatable bonds is 24. The Balaban J connectivity index is 0.638. The van der Waals surface area contributed by atoms with E-state index in [1.807, 2.05) is 71.1 Å². The molecule has 5 heterocycles. The Kier molecular flexibility index (Phi) is 17.3. The molecule has 4 unspecified atom stereocenters. The Bertz CT molecular complexity index is 3780. The van der Waals surface area contributed by atoms with E-state index < -0.39 is 36.0 Å². The first kappa shape index (κ1) is 61.8. The van der Waals surface area contributed by atoms with E-state index in [0.29, 0.717) is 97.4 Å². The number of carboxylic acids is 1. The molecule has 2 aliphatic heterocycles. The highest BCUT2D eigenvalue weighted by Gasteiger charge is 2.73. The Hall–Kier alpha value is -8.83. The molecule has 4 aliphatic carbocycles. The molecule has 6 aromatic rings. The fraction of sp³-hybridized carbons (Fsp3) is 0.439. The molecule has 22 nitrogen and oxygen atoms in total. The summed E-state index contributed by atoms with van der Waals surface area (Å²) in [7, 11) is 1.68. The zero-order valence-corrected chi connectivity index (χ0v) is 51.8. The molecule has 3 aromatic heterocycles. The minimum Gasteiger partial charge on any atom is -0.476 e. The highest BCUT2D eigenvalue weighted by atomic mass is 32.1. The fourth-order valence-electron chi connectivity index (χ4n) is 14.7. The van der Waals surface area contributed by atoms with Crippen molar-refractivity contribution in [1.82, 2.24) is 40.2 Å². The van der Waals surface area contributed by atoms with Gasteiger partial charge < -0.3 is 40.3 Å². The number of carbonyl (C=O) groups is 8. The van der Waals surface area contributed by atoms with Gasteiger partial charge in [0.15, 0.2) is 10.8 Å². The van der Waals surface area contributed by atoms with Crippen LogP contribution in [0.5, 0.6) is 0 Å². The number of pyridine rings is 1. The number of thiazole rings is 1. The van der Waals surface area contributed by atoms with Crippen LogP contribution in [0.2, 0.25) is 0 Å². The van der Waals surface area contributed by atoms with E-state index in [1.54, 1.807) is 37.5 Å². The van der Waals surface area contributed by atoms with Crippen LogP contribution in [-0.2, 0) is 59.6 Å². The van der Waals surface area contributed by atoms with Crippen molar-refractivity contribution >= 4 is 85.7 Å². The molecule has 3 aromatic carbocycles. The van der Waals surface area contributed by atoms with Gasteiger partial charge in [-0.25, -0.2) is 19.6 Å². The summed E-state index contributed by atoms with van der Waals surface area (Å²) in [6.45, 7) is 12.3. The number of aromatic carboxylic acids is 1. The maximum Gasteiger partial charge on any atom is 0.409 e. The van der Waals surface area contributed by atoms with Gasteiger partial charge >= 0.3 is 12.1 Å². The minimum atomic E-state index is -1.15. The van der Waals surface area contributed by atoms with E-state index >= 15 is 0 Å². The SMILES string of the molecule is Cc1c(-c2ccc(N3CCc4cccc(C(=O)Nc5nc6ccccc6s5)c4C3)nc2C(=O)O)cnn1CC12CC3(C)CC(OCCN(C)C(=O)OCc4ccc(NC(=O)[C@H](C)NC(=O)[C@H](C)NC(=O)CCCCCN5C(=O)C=CC5=O)cc4)(CC1(C)C3)C2. The van der Waals surface area contributed by atoms with Crippen LogP contribution in [0, 0.1) is 23.2 Å². The van der Waals surface area contributed by atoms with Gasteiger partial charge in [0, 0.05) is 86.4 Å². The van der Waals surface area contributed by atoms with Crippen LogP contribution in [0.15, 0.2) is 97.2 Å². The van der Waals surface area contributed by atoms with Crippen molar-refractivity contribution in [2.75, 3.05) is 48.8 Å². The molecule has 4 fully saturated rings. The highest BCUT2D eigenvalue weighted by Crippen LogP contribution is 2.78. The summed E-state index contributed by atoms with van der Waals surface area (Å²) in [5.41, 5.74) is 5.89. The maximum atomic E-state index is 13.8. The first-order chi connectivity index (χ1) is 42.5. The molecule has 12 rings (SSSR count). The van der Waals surface area contributed by atoms with Crippen LogP contribution in [0.25, 0.3) is 21.3 Å². The number of unbranched alkanes of at least 4 members (excludes halogenated alkanes) is 2. The maximum absolute atomic E-state index is 13.8. The fourth-order valence-corrected chi connectivity index (χ4v) is 15.6. The molecule has 0 spiro atoms. The number of hydrogen-bond donors (Lipinski definition) is 5. The standard InChI is InChI=1S/C66H75N11O11S/c1-40(68-53(78)17-8-7-11-27-76-54(79)24-25-55(76)80)57(81)69-41(2)58(82)70-45-20-18-43(19-21-45)33-87-62(86)74(6)29-30-88-66-36-63(4)34-64(5,37-66)65(35-63,38-66)39-77-42(3)48(31-67-77)46-22-23-52(72-56(46)60(84)85)75-28-26-44-13-12-14-47(49(44)32-75)59(83)73-61-71-50-15-9-10-16-51(50)89-61/h9-10,12-16,18-25,31,40-41H,7-8,11,17,26-30,32-39H2,1-6H3,(H,68,78)(H,69,81)(H,70,82)(H,84,85)(H,71,73,83)/t40-,41-,63?,64?,65?,66?/m0/s1. The van der Waals surface area contributed by atoms with Gasteiger partial charge in [0.05, 0.1) is 28.6 Å². The lowest BCUT2D eigenvalue weighted by atomic mass is 9.65. The molecule has 23 heteroatoms. The van der Waals surface area contributed by atoms with Crippen molar-refractivity contribution in [2.45, 2.75) is 136 Å². The summed E-state index contributed by atoms with van der Waals surface area (Å²) < 4.78 is 15.6. The van der Waals surface area contributed by atoms with Gasteiger partial charge in [0.2, 0.25) is 17.7 Å². The number of imide groups is 1. The number of carboxylic acid groups (broad SMARTS) is 1. The predicted octanol–water partition coefficient (Wildman–Crippen LogP) is 8.82. The first-order valence-corrected chi connectivity index (χ1v) is 31.2. The number of nitrogens with one attached hydrogen (secondary N) is 4. The van der Waals surface area contributed by atoms with Crippen LogP contribution in [-0.4, -0.2) is 133 Å². The summed E-state index contributed by atoms with van der Waals surface area (Å²) in [6, 6.07) is 22.1. The highest BCUT2D eigenvalue weighted by molar-refractivity contribution is 7.22. The molecule has 4 bridgehead atoms. The van der Waals surface area contributed by atoms with Gasteiger partial charge in [0.1, 0.15) is 24.5 Å². The second-order valence-electron chi connectivity index (χ2n) is 25.4. The molecular formula is C66H75N11O11S. The third-order valence-corrected chi connectivity index (χ3v) is 19.7. The van der Waals surface area contributed by atoms with Crippen LogP contribution < -0.4 is 26.2 Å². The normalized spacial score (nSPS) is 22.0. The average Bonchev–Trinajstić information content (AvgIpc) is 1.51. The van der Waals surface area contributed by atoms with Gasteiger partial charge in [-0.1, -0.05) is 68.0 Å².